The lowest BCUT2D eigenvalue weighted by Crippen LogP contribution is -2.38. The number of halogens is 3. The first-order valence-electron chi connectivity index (χ1n) is 9.22. The molecule has 0 atom stereocenters. The molecule has 1 aliphatic rings. The second-order valence-electron chi connectivity index (χ2n) is 7.07. The SMILES string of the molecule is Cc1ccc(-c2noc(C3CCN(S(=O)(=O)c4cccc(C(F)(F)F)c4)CC3)n2)o1. The summed E-state index contributed by atoms with van der Waals surface area (Å²) in [6, 6.07) is 7.29. The number of nitrogens with zero attached hydrogens (tertiary/aromatic N) is 3. The Bertz CT molecular complexity index is 1150. The summed E-state index contributed by atoms with van der Waals surface area (Å²) in [6.45, 7) is 2.08. The molecule has 160 valence electrons. The molecule has 0 saturated carbocycles. The van der Waals surface area contributed by atoms with Gasteiger partial charge in [-0.05, 0) is 50.1 Å². The van der Waals surface area contributed by atoms with Crippen LogP contribution >= 0.6 is 0 Å². The molecule has 3 aromatic rings. The summed E-state index contributed by atoms with van der Waals surface area (Å²) < 4.78 is 76.3. The first-order chi connectivity index (χ1) is 14.1. The van der Waals surface area contributed by atoms with E-state index >= 15 is 0 Å². The van der Waals surface area contributed by atoms with Crippen molar-refractivity contribution >= 4 is 10.0 Å². The molecule has 0 spiro atoms. The van der Waals surface area contributed by atoms with Crippen molar-refractivity contribution in [3.8, 4) is 11.6 Å². The highest BCUT2D eigenvalue weighted by molar-refractivity contribution is 7.89. The zero-order valence-corrected chi connectivity index (χ0v) is 16.7. The maximum Gasteiger partial charge on any atom is 0.416 e. The number of aryl methyl sites for hydroxylation is 1. The Morgan fingerprint density at radius 1 is 1.13 bits per heavy atom. The largest absolute Gasteiger partial charge is 0.458 e. The van der Waals surface area contributed by atoms with E-state index < -0.39 is 21.8 Å². The van der Waals surface area contributed by atoms with Crippen LogP contribution in [0.25, 0.3) is 11.6 Å². The number of aromatic nitrogens is 2. The van der Waals surface area contributed by atoms with E-state index in [-0.39, 0.29) is 23.9 Å². The number of benzene rings is 1. The third-order valence-electron chi connectivity index (χ3n) is 5.00. The van der Waals surface area contributed by atoms with Crippen LogP contribution in [-0.2, 0) is 16.2 Å². The summed E-state index contributed by atoms with van der Waals surface area (Å²) in [4.78, 5) is 3.97. The molecule has 0 radical (unpaired) electrons. The molecule has 1 saturated heterocycles. The van der Waals surface area contributed by atoms with Crippen LogP contribution < -0.4 is 0 Å². The van der Waals surface area contributed by atoms with Crippen LogP contribution in [0.4, 0.5) is 13.2 Å². The summed E-state index contributed by atoms with van der Waals surface area (Å²) in [6.07, 6.45) is -3.78. The van der Waals surface area contributed by atoms with Gasteiger partial charge in [0.15, 0.2) is 5.76 Å². The minimum absolute atomic E-state index is 0.140. The summed E-state index contributed by atoms with van der Waals surface area (Å²) in [5, 5.41) is 3.90. The summed E-state index contributed by atoms with van der Waals surface area (Å²) in [5.41, 5.74) is -0.995. The highest BCUT2D eigenvalue weighted by atomic mass is 32.2. The van der Waals surface area contributed by atoms with Crippen molar-refractivity contribution in [1.82, 2.24) is 14.4 Å². The second kappa shape index (κ2) is 7.55. The topological polar surface area (TPSA) is 89.4 Å². The van der Waals surface area contributed by atoms with E-state index in [0.29, 0.717) is 42.1 Å². The molecular formula is C19H18F3N3O4S. The summed E-state index contributed by atoms with van der Waals surface area (Å²) in [7, 11) is -4.03. The van der Waals surface area contributed by atoms with Gasteiger partial charge >= 0.3 is 6.18 Å². The standard InChI is InChI=1S/C19H18F3N3O4S/c1-12-5-6-16(28-12)17-23-18(29-24-17)13-7-9-25(10-8-13)30(26,27)15-4-2-3-14(11-15)19(20,21)22/h2-6,11,13H,7-10H2,1H3. The predicted octanol–water partition coefficient (Wildman–Crippen LogP) is 4.23. The van der Waals surface area contributed by atoms with Gasteiger partial charge in [-0.15, -0.1) is 0 Å². The van der Waals surface area contributed by atoms with Gasteiger partial charge in [0.25, 0.3) is 0 Å². The normalized spacial score (nSPS) is 16.8. The number of alkyl halides is 3. The number of hydrogen-bond donors (Lipinski definition) is 0. The monoisotopic (exact) mass is 441 g/mol. The van der Waals surface area contributed by atoms with Crippen molar-refractivity contribution in [2.24, 2.45) is 0 Å². The van der Waals surface area contributed by atoms with Crippen LogP contribution in [-0.4, -0.2) is 36.0 Å². The lowest BCUT2D eigenvalue weighted by Gasteiger charge is -2.29. The van der Waals surface area contributed by atoms with Crippen molar-refractivity contribution in [2.75, 3.05) is 13.1 Å². The van der Waals surface area contributed by atoms with Crippen molar-refractivity contribution in [2.45, 2.75) is 36.8 Å². The van der Waals surface area contributed by atoms with E-state index in [2.05, 4.69) is 10.1 Å². The van der Waals surface area contributed by atoms with Crippen LogP contribution in [0.1, 0.15) is 36.0 Å². The van der Waals surface area contributed by atoms with Crippen LogP contribution in [0.5, 0.6) is 0 Å². The number of hydrogen-bond acceptors (Lipinski definition) is 6. The van der Waals surface area contributed by atoms with E-state index in [1.54, 1.807) is 19.1 Å². The molecule has 0 aliphatic carbocycles. The molecule has 11 heteroatoms. The molecular weight excluding hydrogens is 423 g/mol. The van der Waals surface area contributed by atoms with Crippen molar-refractivity contribution in [3.05, 3.63) is 53.6 Å². The highest BCUT2D eigenvalue weighted by Crippen LogP contribution is 2.34. The van der Waals surface area contributed by atoms with Gasteiger partial charge in [-0.25, -0.2) is 8.42 Å². The van der Waals surface area contributed by atoms with Crippen molar-refractivity contribution in [3.63, 3.8) is 0 Å². The predicted molar refractivity (Wildman–Crippen MR) is 98.9 cm³/mol. The van der Waals surface area contributed by atoms with Crippen LogP contribution in [0.3, 0.4) is 0 Å². The van der Waals surface area contributed by atoms with Gasteiger partial charge in [0.1, 0.15) is 5.76 Å². The zero-order valence-electron chi connectivity index (χ0n) is 15.9. The Hall–Kier alpha value is -2.66. The molecule has 30 heavy (non-hydrogen) atoms. The van der Waals surface area contributed by atoms with Gasteiger partial charge in [-0.1, -0.05) is 11.2 Å². The zero-order chi connectivity index (χ0) is 21.5. The molecule has 7 nitrogen and oxygen atoms in total. The maximum absolute atomic E-state index is 12.9. The quantitative estimate of drug-likeness (QED) is 0.602. The van der Waals surface area contributed by atoms with E-state index in [9.17, 15) is 21.6 Å². The lowest BCUT2D eigenvalue weighted by molar-refractivity contribution is -0.137. The van der Waals surface area contributed by atoms with Gasteiger partial charge in [-0.3, -0.25) is 0 Å². The smallest absolute Gasteiger partial charge is 0.416 e. The first kappa shape index (κ1) is 20.6. The van der Waals surface area contributed by atoms with Crippen LogP contribution in [0.15, 0.2) is 50.2 Å². The van der Waals surface area contributed by atoms with E-state index in [1.165, 1.54) is 10.4 Å². The van der Waals surface area contributed by atoms with Gasteiger partial charge in [-0.2, -0.15) is 22.5 Å². The molecule has 1 aromatic carbocycles. The van der Waals surface area contributed by atoms with Crippen LogP contribution in [0.2, 0.25) is 0 Å². The third-order valence-corrected chi connectivity index (χ3v) is 6.90. The van der Waals surface area contributed by atoms with Gasteiger partial charge in [0, 0.05) is 19.0 Å². The summed E-state index contributed by atoms with van der Waals surface area (Å²) in [5.74, 6) is 1.75. The molecule has 1 fully saturated rings. The Morgan fingerprint density at radius 2 is 1.87 bits per heavy atom. The Morgan fingerprint density at radius 3 is 2.50 bits per heavy atom. The number of furan rings is 1. The third kappa shape index (κ3) is 3.99. The van der Waals surface area contributed by atoms with Gasteiger partial charge in [0.2, 0.25) is 21.7 Å². The number of sulfonamides is 1. The Kier molecular flexibility index (Phi) is 5.18. The minimum atomic E-state index is -4.61. The van der Waals surface area contributed by atoms with E-state index in [1.807, 2.05) is 0 Å². The summed E-state index contributed by atoms with van der Waals surface area (Å²) >= 11 is 0. The fraction of sp³-hybridized carbons (Fsp3) is 0.368. The number of rotatable bonds is 4. The van der Waals surface area contributed by atoms with E-state index in [0.717, 1.165) is 12.1 Å². The Balaban J connectivity index is 1.46. The molecule has 2 aromatic heterocycles. The average molecular weight is 441 g/mol. The first-order valence-corrected chi connectivity index (χ1v) is 10.7. The molecule has 0 bridgehead atoms. The van der Waals surface area contributed by atoms with Crippen LogP contribution in [0, 0.1) is 6.92 Å². The van der Waals surface area contributed by atoms with E-state index in [4.69, 9.17) is 8.94 Å². The molecule has 0 unspecified atom stereocenters. The Labute approximate surface area is 170 Å². The molecule has 0 amide bonds. The second-order valence-corrected chi connectivity index (χ2v) is 9.01. The lowest BCUT2D eigenvalue weighted by atomic mass is 9.98. The average Bonchev–Trinajstić information content (AvgIpc) is 3.37. The molecule has 3 heterocycles. The highest BCUT2D eigenvalue weighted by Gasteiger charge is 2.35. The fourth-order valence-electron chi connectivity index (χ4n) is 3.38. The molecule has 0 N–H and O–H groups in total. The minimum Gasteiger partial charge on any atom is -0.458 e. The maximum atomic E-state index is 12.9. The van der Waals surface area contributed by atoms with Gasteiger partial charge in [0.05, 0.1) is 10.5 Å². The number of piperidine rings is 1. The van der Waals surface area contributed by atoms with Crippen molar-refractivity contribution in [1.29, 1.82) is 0 Å². The molecule has 1 aliphatic heterocycles. The molecule has 4 rings (SSSR count). The van der Waals surface area contributed by atoms with Crippen molar-refractivity contribution < 1.29 is 30.5 Å². The fourth-order valence-corrected chi connectivity index (χ4v) is 4.90. The van der Waals surface area contributed by atoms with Gasteiger partial charge < -0.3 is 8.94 Å².